The molecule has 0 aromatic heterocycles. The molecule has 1 N–H and O–H groups in total. The van der Waals surface area contributed by atoms with Gasteiger partial charge in [0.05, 0.1) is 13.2 Å². The smallest absolute Gasteiger partial charge is 0.246 e. The van der Waals surface area contributed by atoms with Crippen molar-refractivity contribution in [3.05, 3.63) is 64.7 Å². The summed E-state index contributed by atoms with van der Waals surface area (Å²) in [5.74, 6) is -0.0804. The van der Waals surface area contributed by atoms with E-state index in [9.17, 15) is 4.79 Å². The summed E-state index contributed by atoms with van der Waals surface area (Å²) >= 11 is 6.47. The van der Waals surface area contributed by atoms with Crippen molar-refractivity contribution in [1.82, 2.24) is 9.80 Å². The molecule has 0 aliphatic carbocycles. The van der Waals surface area contributed by atoms with E-state index in [2.05, 4.69) is 10.2 Å². The van der Waals surface area contributed by atoms with E-state index < -0.39 is 0 Å². The summed E-state index contributed by atoms with van der Waals surface area (Å²) in [7, 11) is 3.80. The third kappa shape index (κ3) is 5.30. The Morgan fingerprint density at radius 2 is 1.89 bits per heavy atom. The number of hydrogen-bond acceptors (Lipinski definition) is 4. The molecule has 1 unspecified atom stereocenters. The molecule has 1 aliphatic rings. The molecule has 3 rings (SSSR count). The van der Waals surface area contributed by atoms with Gasteiger partial charge < -0.3 is 10.1 Å². The maximum Gasteiger partial charge on any atom is 0.246 e. The van der Waals surface area contributed by atoms with Gasteiger partial charge in [0.15, 0.2) is 0 Å². The van der Waals surface area contributed by atoms with Crippen molar-refractivity contribution in [3.8, 4) is 0 Å². The molecule has 27 heavy (non-hydrogen) atoms. The molecule has 0 radical (unpaired) electrons. The summed E-state index contributed by atoms with van der Waals surface area (Å²) in [5, 5.41) is 3.66. The van der Waals surface area contributed by atoms with Crippen LogP contribution in [0.15, 0.2) is 48.5 Å². The molecule has 5 nitrogen and oxygen atoms in total. The van der Waals surface area contributed by atoms with Crippen LogP contribution in [0.5, 0.6) is 0 Å². The number of ether oxygens (including phenoxy) is 1. The van der Waals surface area contributed by atoms with Crippen molar-refractivity contribution >= 4 is 23.2 Å². The molecule has 1 aliphatic heterocycles. The third-order valence-corrected chi connectivity index (χ3v) is 5.05. The molecule has 0 bridgehead atoms. The second kappa shape index (κ2) is 9.33. The van der Waals surface area contributed by atoms with Gasteiger partial charge >= 0.3 is 0 Å². The van der Waals surface area contributed by atoms with Crippen LogP contribution in [0.25, 0.3) is 0 Å². The Kier molecular flexibility index (Phi) is 6.85. The zero-order chi connectivity index (χ0) is 19.2. The number of nitrogens with one attached hydrogen (secondary N) is 1. The van der Waals surface area contributed by atoms with E-state index in [0.717, 1.165) is 44.0 Å². The van der Waals surface area contributed by atoms with Crippen molar-refractivity contribution in [3.63, 3.8) is 0 Å². The maximum absolute atomic E-state index is 12.8. The van der Waals surface area contributed by atoms with E-state index >= 15 is 0 Å². The summed E-state index contributed by atoms with van der Waals surface area (Å²) < 4.78 is 5.38. The summed E-state index contributed by atoms with van der Waals surface area (Å²) in [4.78, 5) is 17.1. The molecule has 0 saturated carbocycles. The first-order valence-electron chi connectivity index (χ1n) is 9.15. The first-order valence-corrected chi connectivity index (χ1v) is 9.53. The number of nitrogens with zero attached hydrogens (tertiary/aromatic N) is 2. The number of morpholine rings is 1. The number of benzene rings is 2. The highest BCUT2D eigenvalue weighted by atomic mass is 35.5. The molecule has 1 saturated heterocycles. The van der Waals surface area contributed by atoms with Crippen LogP contribution in [0, 0.1) is 0 Å². The fourth-order valence-corrected chi connectivity index (χ4v) is 3.52. The van der Waals surface area contributed by atoms with E-state index in [0.29, 0.717) is 10.7 Å². The van der Waals surface area contributed by atoms with E-state index in [-0.39, 0.29) is 11.9 Å². The fraction of sp³-hybridized carbons (Fsp3) is 0.381. The van der Waals surface area contributed by atoms with Gasteiger partial charge in [-0.05, 0) is 37.4 Å². The Morgan fingerprint density at radius 3 is 2.52 bits per heavy atom. The molecule has 6 heteroatoms. The summed E-state index contributed by atoms with van der Waals surface area (Å²) in [6, 6.07) is 15.1. The van der Waals surface area contributed by atoms with Crippen LogP contribution in [0.4, 0.5) is 5.69 Å². The number of rotatable bonds is 6. The minimum atomic E-state index is -0.363. The molecule has 1 heterocycles. The normalized spacial score (nSPS) is 16.3. The first kappa shape index (κ1) is 19.8. The zero-order valence-electron chi connectivity index (χ0n) is 15.8. The van der Waals surface area contributed by atoms with E-state index in [4.69, 9.17) is 16.3 Å². The average molecular weight is 388 g/mol. The Balaban J connectivity index is 1.69. The number of likely N-dealkylation sites (N-methyl/N-ethyl adjacent to an activating group) is 1. The summed E-state index contributed by atoms with van der Waals surface area (Å²) in [5.41, 5.74) is 2.72. The molecule has 1 amide bonds. The number of carbonyl (C=O) groups excluding carboxylic acids is 1. The highest BCUT2D eigenvalue weighted by Gasteiger charge is 2.23. The van der Waals surface area contributed by atoms with E-state index in [1.807, 2.05) is 67.5 Å². The molecule has 144 valence electrons. The highest BCUT2D eigenvalue weighted by molar-refractivity contribution is 6.31. The van der Waals surface area contributed by atoms with Crippen LogP contribution in [-0.4, -0.2) is 56.1 Å². The van der Waals surface area contributed by atoms with Crippen LogP contribution in [0.1, 0.15) is 17.2 Å². The summed E-state index contributed by atoms with van der Waals surface area (Å²) in [6.45, 7) is 4.14. The Bertz CT molecular complexity index is 761. The fourth-order valence-electron chi connectivity index (χ4n) is 3.28. The number of halogens is 1. The number of amides is 1. The quantitative estimate of drug-likeness (QED) is 0.825. The maximum atomic E-state index is 12.8. The van der Waals surface area contributed by atoms with Crippen molar-refractivity contribution in [2.24, 2.45) is 0 Å². The minimum Gasteiger partial charge on any atom is -0.379 e. The molecular formula is C21H26ClN3O2. The van der Waals surface area contributed by atoms with Gasteiger partial charge in [-0.1, -0.05) is 48.0 Å². The highest BCUT2D eigenvalue weighted by Crippen LogP contribution is 2.25. The molecule has 1 fully saturated rings. The van der Waals surface area contributed by atoms with Crippen molar-refractivity contribution in [1.29, 1.82) is 0 Å². The van der Waals surface area contributed by atoms with Gasteiger partial charge in [0, 0.05) is 30.3 Å². The van der Waals surface area contributed by atoms with Crippen LogP contribution in [0.2, 0.25) is 5.02 Å². The monoisotopic (exact) mass is 387 g/mol. The van der Waals surface area contributed by atoms with Gasteiger partial charge in [-0.25, -0.2) is 0 Å². The van der Waals surface area contributed by atoms with Gasteiger partial charge in [0.1, 0.15) is 6.04 Å². The van der Waals surface area contributed by atoms with Crippen molar-refractivity contribution in [2.45, 2.75) is 12.6 Å². The van der Waals surface area contributed by atoms with Crippen LogP contribution in [0.3, 0.4) is 0 Å². The second-order valence-electron chi connectivity index (χ2n) is 6.96. The van der Waals surface area contributed by atoms with Crippen LogP contribution < -0.4 is 5.32 Å². The van der Waals surface area contributed by atoms with Gasteiger partial charge in [-0.2, -0.15) is 0 Å². The third-order valence-electron chi connectivity index (χ3n) is 4.70. The Morgan fingerprint density at radius 1 is 1.19 bits per heavy atom. The second-order valence-corrected chi connectivity index (χ2v) is 7.37. The Labute approximate surface area is 165 Å². The summed E-state index contributed by atoms with van der Waals surface area (Å²) in [6.07, 6.45) is 0. The SMILES string of the molecule is CN(C)C(C(=O)Nc1ccc(CN2CCOCC2)c(Cl)c1)c1ccccc1. The molecule has 2 aromatic rings. The van der Waals surface area contributed by atoms with Crippen LogP contribution in [-0.2, 0) is 16.1 Å². The van der Waals surface area contributed by atoms with Crippen molar-refractivity contribution in [2.75, 3.05) is 45.7 Å². The molecule has 2 aromatic carbocycles. The van der Waals surface area contributed by atoms with Gasteiger partial charge in [-0.15, -0.1) is 0 Å². The number of carbonyl (C=O) groups is 1. The molecular weight excluding hydrogens is 362 g/mol. The predicted molar refractivity (Wildman–Crippen MR) is 109 cm³/mol. The lowest BCUT2D eigenvalue weighted by molar-refractivity contribution is -0.120. The van der Waals surface area contributed by atoms with E-state index in [1.54, 1.807) is 0 Å². The first-order chi connectivity index (χ1) is 13.0. The van der Waals surface area contributed by atoms with Crippen molar-refractivity contribution < 1.29 is 9.53 Å². The van der Waals surface area contributed by atoms with Gasteiger partial charge in [-0.3, -0.25) is 14.6 Å². The number of hydrogen-bond donors (Lipinski definition) is 1. The Hall–Kier alpha value is -1.92. The standard InChI is InChI=1S/C21H26ClN3O2/c1-24(2)20(16-6-4-3-5-7-16)21(26)23-18-9-8-17(19(22)14-18)15-25-10-12-27-13-11-25/h3-9,14,20H,10-13,15H2,1-2H3,(H,23,26). The molecule has 1 atom stereocenters. The van der Waals surface area contributed by atoms with Gasteiger partial charge in [0.25, 0.3) is 0 Å². The van der Waals surface area contributed by atoms with Crippen LogP contribution >= 0.6 is 11.6 Å². The predicted octanol–water partition coefficient (Wildman–Crippen LogP) is 3.41. The minimum absolute atomic E-state index is 0.0804. The van der Waals surface area contributed by atoms with Gasteiger partial charge in [0.2, 0.25) is 5.91 Å². The number of anilines is 1. The van der Waals surface area contributed by atoms with E-state index in [1.165, 1.54) is 0 Å². The topological polar surface area (TPSA) is 44.8 Å². The average Bonchev–Trinajstić information content (AvgIpc) is 2.65. The molecule has 0 spiro atoms. The lowest BCUT2D eigenvalue weighted by Gasteiger charge is -2.27. The zero-order valence-corrected chi connectivity index (χ0v) is 16.6. The lowest BCUT2D eigenvalue weighted by atomic mass is 10.1. The largest absolute Gasteiger partial charge is 0.379 e. The lowest BCUT2D eigenvalue weighted by Crippen LogP contribution is -2.35.